The number of aliphatic carboxylic acids is 1. The normalized spacial score (nSPS) is 27.3. The lowest BCUT2D eigenvalue weighted by Gasteiger charge is -2.35. The first kappa shape index (κ1) is 21.6. The summed E-state index contributed by atoms with van der Waals surface area (Å²) in [5, 5.41) is 13.8. The summed E-state index contributed by atoms with van der Waals surface area (Å²) >= 11 is 0. The number of amides is 2. The van der Waals surface area contributed by atoms with E-state index < -0.39 is 5.97 Å². The lowest BCUT2D eigenvalue weighted by atomic mass is 9.96. The smallest absolute Gasteiger partial charge is 0.315 e. The number of nitrogens with one attached hydrogen (secondary N) is 2. The quantitative estimate of drug-likeness (QED) is 0.722. The van der Waals surface area contributed by atoms with Crippen molar-refractivity contribution in [2.24, 2.45) is 0 Å². The molecule has 3 aliphatic rings. The molecule has 1 aliphatic carbocycles. The summed E-state index contributed by atoms with van der Waals surface area (Å²) in [5.41, 5.74) is 1.24. The highest BCUT2D eigenvalue weighted by Crippen LogP contribution is 2.30. The van der Waals surface area contributed by atoms with Gasteiger partial charge in [-0.25, -0.2) is 4.79 Å². The highest BCUT2D eigenvalue weighted by Gasteiger charge is 2.38. The van der Waals surface area contributed by atoms with Crippen molar-refractivity contribution in [3.8, 4) is 0 Å². The summed E-state index contributed by atoms with van der Waals surface area (Å²) in [6, 6.07) is 11.5. The molecule has 1 saturated carbocycles. The van der Waals surface area contributed by atoms with Crippen molar-refractivity contribution >= 4 is 12.0 Å². The van der Waals surface area contributed by atoms with Gasteiger partial charge in [0.15, 0.2) is 0 Å². The Hall–Kier alpha value is -2.12. The Kier molecular flexibility index (Phi) is 7.89. The zero-order chi connectivity index (χ0) is 20.6. The summed E-state index contributed by atoms with van der Waals surface area (Å²) < 4.78 is 6.08. The molecule has 2 aliphatic heterocycles. The van der Waals surface area contributed by atoms with Crippen LogP contribution in [0.2, 0.25) is 0 Å². The molecule has 1 aromatic carbocycles. The lowest BCUT2D eigenvalue weighted by Crippen LogP contribution is -2.47. The van der Waals surface area contributed by atoms with Crippen LogP contribution in [0.15, 0.2) is 30.3 Å². The van der Waals surface area contributed by atoms with Crippen molar-refractivity contribution in [2.75, 3.05) is 19.7 Å². The van der Waals surface area contributed by atoms with Gasteiger partial charge in [-0.3, -0.25) is 9.69 Å². The maximum Gasteiger partial charge on any atom is 0.315 e. The first-order valence-electron chi connectivity index (χ1n) is 10.7. The zero-order valence-corrected chi connectivity index (χ0v) is 17.2. The molecular formula is C22H33N3O4. The molecule has 0 spiro atoms. The van der Waals surface area contributed by atoms with E-state index in [1.54, 1.807) is 0 Å². The Labute approximate surface area is 172 Å². The van der Waals surface area contributed by atoms with Crippen LogP contribution in [0, 0.1) is 0 Å². The highest BCUT2D eigenvalue weighted by molar-refractivity contribution is 5.74. The number of rotatable bonds is 3. The summed E-state index contributed by atoms with van der Waals surface area (Å²) in [6.45, 7) is 3.68. The van der Waals surface area contributed by atoms with Gasteiger partial charge in [-0.15, -0.1) is 0 Å². The maximum atomic E-state index is 12.3. The highest BCUT2D eigenvalue weighted by atomic mass is 16.5. The first-order valence-corrected chi connectivity index (χ1v) is 10.7. The van der Waals surface area contributed by atoms with Crippen molar-refractivity contribution in [1.82, 2.24) is 15.5 Å². The lowest BCUT2D eigenvalue weighted by molar-refractivity contribution is -0.134. The molecule has 4 rings (SSSR count). The van der Waals surface area contributed by atoms with E-state index in [1.165, 1.54) is 24.8 Å². The molecule has 2 heterocycles. The van der Waals surface area contributed by atoms with Gasteiger partial charge in [0.2, 0.25) is 0 Å². The van der Waals surface area contributed by atoms with E-state index >= 15 is 0 Å². The van der Waals surface area contributed by atoms with E-state index in [4.69, 9.17) is 14.6 Å². The van der Waals surface area contributed by atoms with Gasteiger partial charge in [0.1, 0.15) is 0 Å². The number of hydrogen-bond donors (Lipinski definition) is 3. The molecule has 0 unspecified atom stereocenters. The van der Waals surface area contributed by atoms with Gasteiger partial charge in [0.25, 0.3) is 5.97 Å². The van der Waals surface area contributed by atoms with E-state index in [0.29, 0.717) is 12.1 Å². The topological polar surface area (TPSA) is 90.9 Å². The molecule has 7 nitrogen and oxygen atoms in total. The second-order valence-corrected chi connectivity index (χ2v) is 8.24. The van der Waals surface area contributed by atoms with Crippen molar-refractivity contribution in [2.45, 2.75) is 69.7 Å². The second kappa shape index (κ2) is 10.6. The number of ether oxygens (including phenoxy) is 1. The van der Waals surface area contributed by atoms with Gasteiger partial charge >= 0.3 is 6.03 Å². The predicted octanol–water partition coefficient (Wildman–Crippen LogP) is 2.92. The van der Waals surface area contributed by atoms with Gasteiger partial charge in [0, 0.05) is 38.1 Å². The fourth-order valence-electron chi connectivity index (χ4n) is 4.51. The molecular weight excluding hydrogens is 370 g/mol. The molecule has 0 bridgehead atoms. The third-order valence-corrected chi connectivity index (χ3v) is 5.86. The molecule has 2 amide bonds. The minimum Gasteiger partial charge on any atom is -0.481 e. The van der Waals surface area contributed by atoms with Crippen LogP contribution in [0.5, 0.6) is 0 Å². The van der Waals surface area contributed by atoms with Crippen LogP contribution in [-0.2, 0) is 9.53 Å². The average Bonchev–Trinajstić information content (AvgIpc) is 3.10. The van der Waals surface area contributed by atoms with E-state index in [1.807, 2.05) is 6.07 Å². The number of carbonyl (C=O) groups excluding carboxylic acids is 1. The van der Waals surface area contributed by atoms with Gasteiger partial charge in [-0.1, -0.05) is 49.6 Å². The van der Waals surface area contributed by atoms with Crippen LogP contribution >= 0.6 is 0 Å². The number of hydrogen-bond acceptors (Lipinski definition) is 4. The maximum absolute atomic E-state index is 12.3. The molecule has 1 aromatic rings. The molecule has 7 heteroatoms. The first-order chi connectivity index (χ1) is 14.0. The molecule has 160 valence electrons. The number of fused-ring (bicyclic) bond motifs is 1. The number of carbonyl (C=O) groups is 2. The Morgan fingerprint density at radius 3 is 2.38 bits per heavy atom. The predicted molar refractivity (Wildman–Crippen MR) is 111 cm³/mol. The van der Waals surface area contributed by atoms with Crippen LogP contribution in [0.1, 0.15) is 57.1 Å². The fourth-order valence-corrected chi connectivity index (χ4v) is 4.51. The summed E-state index contributed by atoms with van der Waals surface area (Å²) in [7, 11) is 0. The molecule has 3 N–H and O–H groups in total. The van der Waals surface area contributed by atoms with Crippen molar-refractivity contribution in [3.63, 3.8) is 0 Å². The Morgan fingerprint density at radius 2 is 1.69 bits per heavy atom. The van der Waals surface area contributed by atoms with Gasteiger partial charge in [-0.05, 0) is 24.8 Å². The zero-order valence-electron chi connectivity index (χ0n) is 17.2. The fraction of sp³-hybridized carbons (Fsp3) is 0.636. The standard InChI is InChI=1S/C20H29N3O2.C2H4O2/c24-20(21-16-9-5-2-6-10-16)22-17-11-18-14-25-19(13-23(18)12-17)15-7-3-1-4-8-15;1-2(3)4/h1,3-4,7-8,16-19H,2,5-6,9-14H2,(H2,21,22,24);1H3,(H,3,4)/t17-,18-,19+;/m0./s1. The van der Waals surface area contributed by atoms with Crippen molar-refractivity contribution in [3.05, 3.63) is 35.9 Å². The van der Waals surface area contributed by atoms with Crippen LogP contribution in [0.3, 0.4) is 0 Å². The molecule has 3 fully saturated rings. The minimum atomic E-state index is -0.833. The van der Waals surface area contributed by atoms with Gasteiger partial charge in [-0.2, -0.15) is 0 Å². The second-order valence-electron chi connectivity index (χ2n) is 8.24. The Balaban J connectivity index is 0.000000552. The summed E-state index contributed by atoms with van der Waals surface area (Å²) in [4.78, 5) is 23.8. The number of carboxylic acid groups (broad SMARTS) is 1. The van der Waals surface area contributed by atoms with E-state index in [9.17, 15) is 4.79 Å². The molecule has 3 atom stereocenters. The van der Waals surface area contributed by atoms with Crippen LogP contribution in [0.4, 0.5) is 4.79 Å². The molecule has 2 saturated heterocycles. The van der Waals surface area contributed by atoms with E-state index in [0.717, 1.165) is 45.9 Å². The Bertz CT molecular complexity index is 659. The third-order valence-electron chi connectivity index (χ3n) is 5.86. The van der Waals surface area contributed by atoms with Gasteiger partial charge < -0.3 is 20.5 Å². The van der Waals surface area contributed by atoms with E-state index in [2.05, 4.69) is 39.8 Å². The Morgan fingerprint density at radius 1 is 1.03 bits per heavy atom. The van der Waals surface area contributed by atoms with Crippen molar-refractivity contribution in [1.29, 1.82) is 0 Å². The molecule has 0 radical (unpaired) electrons. The van der Waals surface area contributed by atoms with E-state index in [-0.39, 0.29) is 18.2 Å². The van der Waals surface area contributed by atoms with Crippen LogP contribution in [0.25, 0.3) is 0 Å². The summed E-state index contributed by atoms with van der Waals surface area (Å²) in [5.74, 6) is -0.833. The van der Waals surface area contributed by atoms with Crippen molar-refractivity contribution < 1.29 is 19.4 Å². The SMILES string of the molecule is CC(=O)O.O=C(NC1CCCCC1)N[C@H]1C[C@H]2CO[C@@H](c3ccccc3)CN2C1. The average molecular weight is 404 g/mol. The largest absolute Gasteiger partial charge is 0.481 e. The number of nitrogens with zero attached hydrogens (tertiary/aromatic N) is 1. The number of carboxylic acids is 1. The molecule has 29 heavy (non-hydrogen) atoms. The van der Waals surface area contributed by atoms with Gasteiger partial charge in [0.05, 0.1) is 12.7 Å². The van der Waals surface area contributed by atoms with Crippen LogP contribution < -0.4 is 10.6 Å². The number of morpholine rings is 1. The number of benzene rings is 1. The molecule has 0 aromatic heterocycles. The van der Waals surface area contributed by atoms with Crippen LogP contribution in [-0.4, -0.2) is 59.8 Å². The monoisotopic (exact) mass is 403 g/mol. The minimum absolute atomic E-state index is 0.0114. The third kappa shape index (κ3) is 6.72. The number of urea groups is 1. The summed E-state index contributed by atoms with van der Waals surface area (Å²) in [6.07, 6.45) is 7.16.